The Balaban J connectivity index is 1.61. The topological polar surface area (TPSA) is 101 Å². The van der Waals surface area contributed by atoms with Crippen LogP contribution in [0.1, 0.15) is 41.0 Å². The van der Waals surface area contributed by atoms with Gasteiger partial charge >= 0.3 is 0 Å². The zero-order valence-corrected chi connectivity index (χ0v) is 19.1. The van der Waals surface area contributed by atoms with Crippen LogP contribution in [0.15, 0.2) is 52.9 Å². The van der Waals surface area contributed by atoms with Crippen LogP contribution in [0.25, 0.3) is 0 Å². The van der Waals surface area contributed by atoms with Crippen LogP contribution in [0.4, 0.5) is 10.8 Å². The summed E-state index contributed by atoms with van der Waals surface area (Å²) in [5.41, 5.74) is 1.54. The molecule has 3 rings (SSSR count). The molecule has 0 fully saturated rings. The second kappa shape index (κ2) is 10.5. The minimum Gasteiger partial charge on any atom is -0.325 e. The predicted molar refractivity (Wildman–Crippen MR) is 124 cm³/mol. The van der Waals surface area contributed by atoms with Crippen LogP contribution in [0.3, 0.4) is 0 Å². The van der Waals surface area contributed by atoms with E-state index in [4.69, 9.17) is 11.6 Å². The van der Waals surface area contributed by atoms with E-state index in [0.29, 0.717) is 37.7 Å². The number of ketones is 1. The summed E-state index contributed by atoms with van der Waals surface area (Å²) in [7, 11) is 0. The van der Waals surface area contributed by atoms with Crippen molar-refractivity contribution < 1.29 is 14.4 Å². The minimum atomic E-state index is -0.396. The Labute approximate surface area is 192 Å². The van der Waals surface area contributed by atoms with Crippen molar-refractivity contribution in [2.24, 2.45) is 0 Å². The number of nitrogens with zero attached hydrogens (tertiary/aromatic N) is 2. The number of carbonyl (C=O) groups is 3. The summed E-state index contributed by atoms with van der Waals surface area (Å²) in [6, 6.07) is 13.4. The van der Waals surface area contributed by atoms with Crippen LogP contribution >= 0.6 is 34.7 Å². The molecule has 0 spiro atoms. The van der Waals surface area contributed by atoms with Gasteiger partial charge in [0, 0.05) is 11.3 Å². The van der Waals surface area contributed by atoms with E-state index >= 15 is 0 Å². The van der Waals surface area contributed by atoms with Gasteiger partial charge in [0.2, 0.25) is 11.0 Å². The van der Waals surface area contributed by atoms with Crippen molar-refractivity contribution in [3.05, 3.63) is 64.7 Å². The van der Waals surface area contributed by atoms with Crippen molar-refractivity contribution in [3.63, 3.8) is 0 Å². The number of halogens is 1. The lowest BCUT2D eigenvalue weighted by Crippen LogP contribution is -2.24. The molecule has 1 heterocycles. The van der Waals surface area contributed by atoms with E-state index in [1.807, 2.05) is 6.92 Å². The second-order valence-corrected chi connectivity index (χ2v) is 9.28. The Bertz CT molecular complexity index is 1100. The summed E-state index contributed by atoms with van der Waals surface area (Å²) in [5.74, 6) is -0.592. The van der Waals surface area contributed by atoms with Crippen LogP contribution in [0, 0.1) is 0 Å². The highest BCUT2D eigenvalue weighted by molar-refractivity contribution is 8.02. The first-order valence-electron chi connectivity index (χ1n) is 9.35. The van der Waals surface area contributed by atoms with Gasteiger partial charge in [-0.2, -0.15) is 0 Å². The van der Waals surface area contributed by atoms with Gasteiger partial charge in [-0.1, -0.05) is 53.8 Å². The SMILES string of the molecule is CCC(Sc1nnc(NC(=O)c2ccccc2Cl)s1)C(=O)Nc1ccc(C(C)=O)cc1. The molecule has 1 aromatic heterocycles. The smallest absolute Gasteiger partial charge is 0.259 e. The quantitative estimate of drug-likeness (QED) is 0.266. The van der Waals surface area contributed by atoms with Crippen molar-refractivity contribution in [1.29, 1.82) is 0 Å². The van der Waals surface area contributed by atoms with E-state index in [-0.39, 0.29) is 17.6 Å². The number of thioether (sulfide) groups is 1. The minimum absolute atomic E-state index is 0.0337. The molecule has 2 amide bonds. The Morgan fingerprint density at radius 2 is 1.77 bits per heavy atom. The fraction of sp³-hybridized carbons (Fsp3) is 0.190. The number of benzene rings is 2. The summed E-state index contributed by atoms with van der Waals surface area (Å²) in [4.78, 5) is 36.4. The van der Waals surface area contributed by atoms with E-state index in [9.17, 15) is 14.4 Å². The molecular weight excluding hydrogens is 456 g/mol. The fourth-order valence-electron chi connectivity index (χ4n) is 2.57. The first kappa shape index (κ1) is 22.9. The van der Waals surface area contributed by atoms with Crippen molar-refractivity contribution in [2.45, 2.75) is 29.9 Å². The normalized spacial score (nSPS) is 11.6. The van der Waals surface area contributed by atoms with Gasteiger partial charge in [0.15, 0.2) is 10.1 Å². The molecule has 2 aromatic carbocycles. The fourth-order valence-corrected chi connectivity index (χ4v) is 4.71. The maximum atomic E-state index is 12.6. The number of aromatic nitrogens is 2. The Kier molecular flexibility index (Phi) is 7.78. The molecule has 31 heavy (non-hydrogen) atoms. The van der Waals surface area contributed by atoms with Gasteiger partial charge in [-0.05, 0) is 49.7 Å². The second-order valence-electron chi connectivity index (χ2n) is 6.44. The van der Waals surface area contributed by atoms with Crippen LogP contribution in [-0.2, 0) is 4.79 Å². The average Bonchev–Trinajstić information content (AvgIpc) is 3.19. The van der Waals surface area contributed by atoms with Crippen LogP contribution in [-0.4, -0.2) is 33.0 Å². The van der Waals surface area contributed by atoms with Crippen LogP contribution in [0.2, 0.25) is 5.02 Å². The Morgan fingerprint density at radius 1 is 1.06 bits per heavy atom. The molecule has 0 saturated heterocycles. The van der Waals surface area contributed by atoms with E-state index in [1.54, 1.807) is 48.5 Å². The number of Topliss-reactive ketones (excluding diaryl/α,β-unsaturated/α-hetero) is 1. The maximum Gasteiger partial charge on any atom is 0.259 e. The van der Waals surface area contributed by atoms with E-state index in [0.717, 1.165) is 0 Å². The molecule has 7 nitrogen and oxygen atoms in total. The molecule has 160 valence electrons. The van der Waals surface area contributed by atoms with Crippen molar-refractivity contribution in [1.82, 2.24) is 10.2 Å². The summed E-state index contributed by atoms with van der Waals surface area (Å²) in [5, 5.41) is 13.8. The van der Waals surface area contributed by atoms with Gasteiger partial charge in [-0.3, -0.25) is 19.7 Å². The predicted octanol–water partition coefficient (Wildman–Crippen LogP) is 5.16. The van der Waals surface area contributed by atoms with Gasteiger partial charge in [-0.15, -0.1) is 10.2 Å². The number of amides is 2. The molecule has 0 saturated carbocycles. The lowest BCUT2D eigenvalue weighted by atomic mass is 10.1. The van der Waals surface area contributed by atoms with Gasteiger partial charge in [0.05, 0.1) is 15.8 Å². The van der Waals surface area contributed by atoms with Crippen LogP contribution in [0.5, 0.6) is 0 Å². The molecule has 1 unspecified atom stereocenters. The highest BCUT2D eigenvalue weighted by atomic mass is 35.5. The van der Waals surface area contributed by atoms with Gasteiger partial charge in [0.1, 0.15) is 0 Å². The molecule has 10 heteroatoms. The van der Waals surface area contributed by atoms with Crippen molar-refractivity contribution in [2.75, 3.05) is 10.6 Å². The first-order valence-corrected chi connectivity index (χ1v) is 11.4. The number of hydrogen-bond donors (Lipinski definition) is 2. The molecule has 0 bridgehead atoms. The Hall–Kier alpha value is -2.75. The Morgan fingerprint density at radius 3 is 2.42 bits per heavy atom. The third-order valence-corrected chi connectivity index (χ3v) is 6.83. The number of carbonyl (C=O) groups excluding carboxylic acids is 3. The largest absolute Gasteiger partial charge is 0.325 e. The molecule has 0 radical (unpaired) electrons. The summed E-state index contributed by atoms with van der Waals surface area (Å²) >= 11 is 8.50. The first-order chi connectivity index (χ1) is 14.9. The lowest BCUT2D eigenvalue weighted by molar-refractivity contribution is -0.115. The van der Waals surface area contributed by atoms with Gasteiger partial charge < -0.3 is 5.32 Å². The summed E-state index contributed by atoms with van der Waals surface area (Å²) in [6.07, 6.45) is 0.572. The molecule has 0 aliphatic carbocycles. The molecule has 2 N–H and O–H groups in total. The molecule has 0 aliphatic rings. The van der Waals surface area contributed by atoms with Crippen LogP contribution < -0.4 is 10.6 Å². The monoisotopic (exact) mass is 474 g/mol. The zero-order valence-electron chi connectivity index (χ0n) is 16.7. The molecular formula is C21H19ClN4O3S2. The van der Waals surface area contributed by atoms with Crippen molar-refractivity contribution >= 4 is 63.1 Å². The highest BCUT2D eigenvalue weighted by Gasteiger charge is 2.21. The van der Waals surface area contributed by atoms with E-state index in [2.05, 4.69) is 20.8 Å². The molecule has 0 aliphatic heterocycles. The standard InChI is InChI=1S/C21H19ClN4O3S2/c1-3-17(19(29)23-14-10-8-13(9-11-14)12(2)27)30-21-26-25-20(31-21)24-18(28)15-6-4-5-7-16(15)22/h4-11,17H,3H2,1-2H3,(H,23,29)(H,24,25,28). The number of hydrogen-bond acceptors (Lipinski definition) is 7. The average molecular weight is 475 g/mol. The number of anilines is 2. The van der Waals surface area contributed by atoms with E-state index in [1.165, 1.54) is 30.0 Å². The summed E-state index contributed by atoms with van der Waals surface area (Å²) in [6.45, 7) is 3.39. The number of rotatable bonds is 8. The van der Waals surface area contributed by atoms with Crippen molar-refractivity contribution in [3.8, 4) is 0 Å². The van der Waals surface area contributed by atoms with Gasteiger partial charge in [-0.25, -0.2) is 0 Å². The third kappa shape index (κ3) is 6.13. The zero-order chi connectivity index (χ0) is 22.4. The highest BCUT2D eigenvalue weighted by Crippen LogP contribution is 2.31. The van der Waals surface area contributed by atoms with Gasteiger partial charge in [0.25, 0.3) is 5.91 Å². The maximum absolute atomic E-state index is 12.6. The third-order valence-electron chi connectivity index (χ3n) is 4.21. The number of nitrogens with one attached hydrogen (secondary N) is 2. The molecule has 3 aromatic rings. The lowest BCUT2D eigenvalue weighted by Gasteiger charge is -2.13. The van der Waals surface area contributed by atoms with E-state index < -0.39 is 5.25 Å². The summed E-state index contributed by atoms with van der Waals surface area (Å²) < 4.78 is 0.559. The molecule has 1 atom stereocenters.